The first-order valence-corrected chi connectivity index (χ1v) is 11.5. The molecule has 7 nitrogen and oxygen atoms in total. The number of fused-ring (bicyclic) bond motifs is 1. The zero-order valence-electron chi connectivity index (χ0n) is 17.0. The maximum absolute atomic E-state index is 13.1. The summed E-state index contributed by atoms with van der Waals surface area (Å²) in [6.45, 7) is -0.459. The molecule has 1 aliphatic carbocycles. The Morgan fingerprint density at radius 1 is 1.16 bits per heavy atom. The average Bonchev–Trinajstić information content (AvgIpc) is 2.78. The second kappa shape index (κ2) is 9.05. The van der Waals surface area contributed by atoms with Crippen molar-refractivity contribution < 1.29 is 27.4 Å². The number of sulfonamides is 1. The van der Waals surface area contributed by atoms with Gasteiger partial charge in [0.15, 0.2) is 6.61 Å². The molecule has 1 unspecified atom stereocenters. The minimum atomic E-state index is -3.85. The number of hydrogen-bond acceptors (Lipinski definition) is 5. The number of rotatable bonds is 7. The maximum atomic E-state index is 13.1. The quantitative estimate of drug-likeness (QED) is 0.562. The molecule has 0 radical (unpaired) electrons. The molecule has 2 aromatic carbocycles. The van der Waals surface area contributed by atoms with Crippen LogP contribution in [0.4, 0.5) is 4.39 Å². The lowest BCUT2D eigenvalue weighted by molar-refractivity contribution is -0.139. The summed E-state index contributed by atoms with van der Waals surface area (Å²) in [6.07, 6.45) is 3.29. The number of nitrogens with zero attached hydrogens (tertiary/aromatic N) is 1. The van der Waals surface area contributed by atoms with E-state index >= 15 is 0 Å². The van der Waals surface area contributed by atoms with E-state index in [4.69, 9.17) is 9.84 Å². The monoisotopic (exact) mass is 456 g/mol. The third kappa shape index (κ3) is 4.79. The van der Waals surface area contributed by atoms with E-state index in [2.05, 4.69) is 9.71 Å². The van der Waals surface area contributed by atoms with E-state index in [-0.39, 0.29) is 10.7 Å². The van der Waals surface area contributed by atoms with E-state index in [0.717, 1.165) is 17.5 Å². The molecule has 4 rings (SSSR count). The van der Waals surface area contributed by atoms with E-state index in [9.17, 15) is 17.6 Å². The second-order valence-corrected chi connectivity index (χ2v) is 9.17. The first kappa shape index (κ1) is 21.9. The molecule has 2 N–H and O–H groups in total. The molecule has 3 aromatic rings. The maximum Gasteiger partial charge on any atom is 0.341 e. The van der Waals surface area contributed by atoms with Crippen molar-refractivity contribution in [2.75, 3.05) is 6.61 Å². The summed E-state index contributed by atoms with van der Waals surface area (Å²) < 4.78 is 47.2. The van der Waals surface area contributed by atoms with Gasteiger partial charge in [-0.15, -0.1) is 0 Å². The number of aromatic nitrogens is 1. The predicted octanol–water partition coefficient (Wildman–Crippen LogP) is 3.71. The van der Waals surface area contributed by atoms with E-state index in [1.165, 1.54) is 24.4 Å². The summed E-state index contributed by atoms with van der Waals surface area (Å²) in [7, 11) is -3.85. The smallest absolute Gasteiger partial charge is 0.341 e. The zero-order valence-corrected chi connectivity index (χ0v) is 17.8. The number of nitrogens with one attached hydrogen (secondary N) is 1. The van der Waals surface area contributed by atoms with Crippen LogP contribution < -0.4 is 9.46 Å². The number of carboxylic acid groups (broad SMARTS) is 1. The summed E-state index contributed by atoms with van der Waals surface area (Å²) in [5, 5.41) is 8.87. The van der Waals surface area contributed by atoms with Crippen molar-refractivity contribution >= 4 is 16.0 Å². The van der Waals surface area contributed by atoms with Crippen LogP contribution in [0.2, 0.25) is 0 Å². The highest BCUT2D eigenvalue weighted by molar-refractivity contribution is 7.89. The zero-order chi connectivity index (χ0) is 22.7. The number of carboxylic acids is 1. The fraction of sp³-hybridized carbons (Fsp3) is 0.217. The summed E-state index contributed by atoms with van der Waals surface area (Å²) in [5.74, 6) is -0.979. The molecule has 0 saturated carbocycles. The molecule has 1 heterocycles. The Bertz CT molecular complexity index is 1230. The lowest BCUT2D eigenvalue weighted by atomic mass is 9.87. The standard InChI is InChI=1S/C23H21FN2O5S/c24-16-9-7-15(8-10-16)20-12-11-17(13-25-20)32(29,30)26-21-5-1-4-19-18(21)3-2-6-22(19)31-14-23(27)28/h2-3,6-13,21,26H,1,4-5,14H2,(H,27,28). The Balaban J connectivity index is 1.55. The molecule has 1 aliphatic rings. The van der Waals surface area contributed by atoms with Crippen LogP contribution in [-0.4, -0.2) is 31.1 Å². The highest BCUT2D eigenvalue weighted by Gasteiger charge is 2.28. The van der Waals surface area contributed by atoms with Gasteiger partial charge in [0.2, 0.25) is 10.0 Å². The number of benzene rings is 2. The number of pyridine rings is 1. The first-order valence-electron chi connectivity index (χ1n) is 10.0. The van der Waals surface area contributed by atoms with Crippen LogP contribution in [0.25, 0.3) is 11.3 Å². The van der Waals surface area contributed by atoms with Gasteiger partial charge in [-0.3, -0.25) is 4.98 Å². The van der Waals surface area contributed by atoms with Gasteiger partial charge in [0.25, 0.3) is 0 Å². The summed E-state index contributed by atoms with van der Waals surface area (Å²) in [6, 6.07) is 13.6. The Hall–Kier alpha value is -3.30. The predicted molar refractivity (Wildman–Crippen MR) is 115 cm³/mol. The molecule has 0 bridgehead atoms. The number of ether oxygens (including phenoxy) is 1. The van der Waals surface area contributed by atoms with Gasteiger partial charge in [-0.1, -0.05) is 12.1 Å². The molecule has 166 valence electrons. The van der Waals surface area contributed by atoms with Crippen LogP contribution in [0.1, 0.15) is 30.0 Å². The highest BCUT2D eigenvalue weighted by atomic mass is 32.2. The largest absolute Gasteiger partial charge is 0.482 e. The molecule has 1 aromatic heterocycles. The van der Waals surface area contributed by atoms with Crippen LogP contribution in [-0.2, 0) is 21.2 Å². The number of hydrogen-bond donors (Lipinski definition) is 2. The van der Waals surface area contributed by atoms with E-state index in [1.807, 2.05) is 6.07 Å². The third-order valence-electron chi connectivity index (χ3n) is 5.30. The van der Waals surface area contributed by atoms with Gasteiger partial charge in [0.05, 0.1) is 5.69 Å². The normalized spacial score (nSPS) is 15.7. The number of carbonyl (C=O) groups is 1. The molecule has 0 amide bonds. The van der Waals surface area contributed by atoms with Crippen LogP contribution >= 0.6 is 0 Å². The van der Waals surface area contributed by atoms with Gasteiger partial charge >= 0.3 is 5.97 Å². The number of halogens is 1. The van der Waals surface area contributed by atoms with Crippen LogP contribution in [0.15, 0.2) is 65.7 Å². The van der Waals surface area contributed by atoms with Crippen molar-refractivity contribution in [3.05, 3.63) is 77.7 Å². The molecule has 0 saturated heterocycles. The topological polar surface area (TPSA) is 106 Å². The molecule has 32 heavy (non-hydrogen) atoms. The summed E-state index contributed by atoms with van der Waals surface area (Å²) >= 11 is 0. The molecule has 0 spiro atoms. The minimum absolute atomic E-state index is 0.0220. The Morgan fingerprint density at radius 2 is 1.94 bits per heavy atom. The lowest BCUT2D eigenvalue weighted by Crippen LogP contribution is -2.31. The van der Waals surface area contributed by atoms with Gasteiger partial charge in [0, 0.05) is 17.8 Å². The van der Waals surface area contributed by atoms with Crippen molar-refractivity contribution in [1.82, 2.24) is 9.71 Å². The summed E-state index contributed by atoms with van der Waals surface area (Å²) in [5.41, 5.74) is 2.81. The third-order valence-corrected chi connectivity index (χ3v) is 6.76. The molecular weight excluding hydrogens is 435 g/mol. The Labute approximate surface area is 184 Å². The number of aliphatic carboxylic acids is 1. The van der Waals surface area contributed by atoms with Gasteiger partial charge < -0.3 is 9.84 Å². The van der Waals surface area contributed by atoms with E-state index < -0.39 is 28.6 Å². The van der Waals surface area contributed by atoms with Gasteiger partial charge in [-0.2, -0.15) is 0 Å². The average molecular weight is 456 g/mol. The Kier molecular flexibility index (Phi) is 6.20. The van der Waals surface area contributed by atoms with Crippen molar-refractivity contribution in [1.29, 1.82) is 0 Å². The SMILES string of the molecule is O=C(O)COc1cccc2c1CCCC2NS(=O)(=O)c1ccc(-c2ccc(F)cc2)nc1. The lowest BCUT2D eigenvalue weighted by Gasteiger charge is -2.27. The fourth-order valence-electron chi connectivity index (χ4n) is 3.80. The fourth-order valence-corrected chi connectivity index (χ4v) is 4.99. The van der Waals surface area contributed by atoms with Crippen LogP contribution in [0.3, 0.4) is 0 Å². The van der Waals surface area contributed by atoms with E-state index in [0.29, 0.717) is 29.8 Å². The van der Waals surface area contributed by atoms with Crippen molar-refractivity contribution in [2.45, 2.75) is 30.2 Å². The minimum Gasteiger partial charge on any atom is -0.482 e. The molecule has 1 atom stereocenters. The Morgan fingerprint density at radius 3 is 2.62 bits per heavy atom. The van der Waals surface area contributed by atoms with Gasteiger partial charge in [-0.05, 0) is 72.9 Å². The van der Waals surface area contributed by atoms with Crippen molar-refractivity contribution in [3.8, 4) is 17.0 Å². The molecule has 9 heteroatoms. The van der Waals surface area contributed by atoms with Crippen molar-refractivity contribution in [3.63, 3.8) is 0 Å². The van der Waals surface area contributed by atoms with E-state index in [1.54, 1.807) is 30.3 Å². The van der Waals surface area contributed by atoms with Crippen LogP contribution in [0, 0.1) is 5.82 Å². The molecule has 0 fully saturated rings. The highest BCUT2D eigenvalue weighted by Crippen LogP contribution is 2.36. The van der Waals surface area contributed by atoms with Crippen LogP contribution in [0.5, 0.6) is 5.75 Å². The summed E-state index contributed by atoms with van der Waals surface area (Å²) in [4.78, 5) is 15.1. The molecular formula is C23H21FN2O5S. The molecule has 0 aliphatic heterocycles. The second-order valence-electron chi connectivity index (χ2n) is 7.46. The van der Waals surface area contributed by atoms with Gasteiger partial charge in [-0.25, -0.2) is 22.3 Å². The first-order chi connectivity index (χ1) is 15.3. The van der Waals surface area contributed by atoms with Crippen molar-refractivity contribution in [2.24, 2.45) is 0 Å². The van der Waals surface area contributed by atoms with Gasteiger partial charge in [0.1, 0.15) is 16.5 Å².